The minimum atomic E-state index is -3.85. The third kappa shape index (κ3) is 4.57. The third-order valence-corrected chi connectivity index (χ3v) is 10.2. The van der Waals surface area contributed by atoms with E-state index < -0.39 is 27.3 Å². The van der Waals surface area contributed by atoms with Crippen LogP contribution in [0.25, 0.3) is 0 Å². The van der Waals surface area contributed by atoms with Crippen molar-refractivity contribution >= 4 is 9.84 Å². The molecule has 5 atom stereocenters. The number of hydrogen-bond acceptors (Lipinski definition) is 9. The highest BCUT2D eigenvalue weighted by molar-refractivity contribution is 7.92. The molecule has 9 nitrogen and oxygen atoms in total. The fraction of sp³-hybridized carbons (Fsp3) is 0.444. The van der Waals surface area contributed by atoms with E-state index in [9.17, 15) is 17.9 Å². The predicted molar refractivity (Wildman–Crippen MR) is 138 cm³/mol. The van der Waals surface area contributed by atoms with Gasteiger partial charge in [-0.2, -0.15) is 0 Å². The van der Waals surface area contributed by atoms with Crippen LogP contribution in [0, 0.1) is 5.82 Å². The van der Waals surface area contributed by atoms with E-state index in [1.54, 1.807) is 24.4 Å². The van der Waals surface area contributed by atoms with Crippen molar-refractivity contribution in [3.8, 4) is 0 Å². The van der Waals surface area contributed by atoms with E-state index in [-0.39, 0.29) is 22.9 Å². The molecule has 0 radical (unpaired) electrons. The van der Waals surface area contributed by atoms with Crippen molar-refractivity contribution in [3.63, 3.8) is 0 Å². The van der Waals surface area contributed by atoms with Gasteiger partial charge in [0.2, 0.25) is 0 Å². The molecule has 0 bridgehead atoms. The summed E-state index contributed by atoms with van der Waals surface area (Å²) in [5, 5.41) is 17.1. The van der Waals surface area contributed by atoms with Gasteiger partial charge < -0.3 is 15.2 Å². The van der Waals surface area contributed by atoms with Crippen LogP contribution < -0.4 is 10.7 Å². The summed E-state index contributed by atoms with van der Waals surface area (Å²) in [6, 6.07) is 7.18. The van der Waals surface area contributed by atoms with Gasteiger partial charge in [-0.05, 0) is 73.2 Å². The maximum atomic E-state index is 14.2. The average molecular weight is 542 g/mol. The number of hydrazine groups is 2. The maximum absolute atomic E-state index is 14.2. The van der Waals surface area contributed by atoms with Gasteiger partial charge >= 0.3 is 0 Å². The van der Waals surface area contributed by atoms with Gasteiger partial charge in [-0.1, -0.05) is 12.1 Å². The van der Waals surface area contributed by atoms with Crippen LogP contribution in [-0.2, 0) is 14.6 Å². The van der Waals surface area contributed by atoms with Crippen LogP contribution in [-0.4, -0.2) is 66.2 Å². The number of aliphatic hydroxyl groups excluding tert-OH is 1. The number of ether oxygens (including phenoxy) is 1. The lowest BCUT2D eigenvalue weighted by molar-refractivity contribution is 0.00605. The Bertz CT molecular complexity index is 1370. The van der Waals surface area contributed by atoms with Crippen LogP contribution in [0.1, 0.15) is 54.5 Å². The zero-order valence-electron chi connectivity index (χ0n) is 21.1. The monoisotopic (exact) mass is 541 g/mol. The minimum Gasteiger partial charge on any atom is -0.391 e. The summed E-state index contributed by atoms with van der Waals surface area (Å²) in [7, 11) is -2.35. The summed E-state index contributed by atoms with van der Waals surface area (Å²) < 4.78 is 47.9. The molecule has 2 fully saturated rings. The molecule has 1 aliphatic carbocycles. The first-order chi connectivity index (χ1) is 18.3. The number of fused-ring (bicyclic) bond motifs is 2. The zero-order chi connectivity index (χ0) is 26.4. The van der Waals surface area contributed by atoms with Gasteiger partial charge in [-0.25, -0.2) is 23.2 Å². The highest BCUT2D eigenvalue weighted by atomic mass is 32.2. The number of aliphatic hydroxyl groups is 1. The number of nitrogens with zero attached hydrogens (tertiary/aromatic N) is 3. The van der Waals surface area contributed by atoms with Crippen LogP contribution in [0.5, 0.6) is 0 Å². The number of rotatable bonds is 6. The Hall–Kier alpha value is -2.67. The lowest BCUT2D eigenvalue weighted by Gasteiger charge is -2.41. The van der Waals surface area contributed by atoms with Gasteiger partial charge in [0, 0.05) is 37.3 Å². The van der Waals surface area contributed by atoms with E-state index in [2.05, 4.69) is 21.9 Å². The lowest BCUT2D eigenvalue weighted by Crippen LogP contribution is -2.55. The Morgan fingerprint density at radius 1 is 1.24 bits per heavy atom. The highest BCUT2D eigenvalue weighted by Crippen LogP contribution is 2.39. The molecular formula is C27H32FN5O4S. The summed E-state index contributed by atoms with van der Waals surface area (Å²) in [5.41, 5.74) is 6.34. The average Bonchev–Trinajstić information content (AvgIpc) is 3.56. The van der Waals surface area contributed by atoms with Gasteiger partial charge in [0.15, 0.2) is 14.9 Å². The highest BCUT2D eigenvalue weighted by Gasteiger charge is 2.41. The molecule has 1 saturated heterocycles. The van der Waals surface area contributed by atoms with Gasteiger partial charge in [-0.15, -0.1) is 5.12 Å². The van der Waals surface area contributed by atoms with Gasteiger partial charge in [0.1, 0.15) is 11.9 Å². The Balaban J connectivity index is 1.37. The largest absolute Gasteiger partial charge is 0.391 e. The van der Waals surface area contributed by atoms with E-state index >= 15 is 0 Å². The SMILES string of the molecule is CO[C@H](c1ccc(F)cc1)c1cc(C2NCCC2O)cnc1S(=O)(=O)[C@@H]1CCC2=CN3C=CCN3NC2C1. The number of halogens is 1. The minimum absolute atomic E-state index is 0.0254. The molecule has 38 heavy (non-hydrogen) atoms. The van der Waals surface area contributed by atoms with Crippen molar-refractivity contribution in [2.24, 2.45) is 0 Å². The van der Waals surface area contributed by atoms with Gasteiger partial charge in [0.25, 0.3) is 0 Å². The van der Waals surface area contributed by atoms with Crippen LogP contribution in [0.4, 0.5) is 4.39 Å². The van der Waals surface area contributed by atoms with E-state index in [0.717, 1.165) is 6.54 Å². The van der Waals surface area contributed by atoms with E-state index in [1.807, 2.05) is 22.4 Å². The number of nitrogens with one attached hydrogen (secondary N) is 2. The first kappa shape index (κ1) is 25.6. The summed E-state index contributed by atoms with van der Waals surface area (Å²) in [5.74, 6) is -0.389. The van der Waals surface area contributed by atoms with Crippen LogP contribution in [0.2, 0.25) is 0 Å². The smallest absolute Gasteiger partial charge is 0.198 e. The van der Waals surface area contributed by atoms with Gasteiger partial charge in [-0.3, -0.25) is 5.01 Å². The molecule has 202 valence electrons. The second-order valence-corrected chi connectivity index (χ2v) is 12.4. The van der Waals surface area contributed by atoms with Crippen molar-refractivity contribution in [2.75, 3.05) is 20.2 Å². The lowest BCUT2D eigenvalue weighted by atomic mass is 9.90. The fourth-order valence-electron chi connectivity index (χ4n) is 5.97. The topological polar surface area (TPSA) is 107 Å². The molecule has 1 aromatic heterocycles. The first-order valence-corrected chi connectivity index (χ1v) is 14.5. The molecule has 3 aliphatic heterocycles. The standard InChI is InChI=1S/C27H32FN5O4S/c1-37-26(17-3-6-20(28)7-4-17)22-13-19(25-24(34)9-10-29-25)15-30-27(22)38(35,36)21-8-5-18-16-32-11-2-12-33(32)31-23(18)14-21/h2-4,6-7,11,13,15-16,21,23-26,29,31,34H,5,8-10,12,14H2,1H3/t21-,23?,24?,25?,26-/m1/s1. The summed E-state index contributed by atoms with van der Waals surface area (Å²) in [6.45, 7) is 1.38. The number of benzene rings is 1. The molecule has 0 amide bonds. The van der Waals surface area contributed by atoms with Gasteiger partial charge in [0.05, 0.1) is 23.9 Å². The molecule has 3 unspecified atom stereocenters. The molecule has 2 aromatic rings. The van der Waals surface area contributed by atoms with Crippen LogP contribution in [0.15, 0.2) is 65.6 Å². The second kappa shape index (κ2) is 10.1. The number of methoxy groups -OCH3 is 1. The molecule has 0 spiro atoms. The van der Waals surface area contributed by atoms with Crippen molar-refractivity contribution in [3.05, 3.63) is 83.1 Å². The normalized spacial score (nSPS) is 28.2. The molecule has 1 aromatic carbocycles. The molecular weight excluding hydrogens is 509 g/mol. The van der Waals surface area contributed by atoms with Crippen LogP contribution in [0.3, 0.4) is 0 Å². The van der Waals surface area contributed by atoms with E-state index in [4.69, 9.17) is 4.74 Å². The van der Waals surface area contributed by atoms with Crippen LogP contribution >= 0.6 is 0 Å². The zero-order valence-corrected chi connectivity index (χ0v) is 21.9. The number of sulfone groups is 1. The molecule has 4 aliphatic rings. The van der Waals surface area contributed by atoms with E-state index in [0.29, 0.717) is 48.9 Å². The predicted octanol–water partition coefficient (Wildman–Crippen LogP) is 2.50. The fourth-order valence-corrected chi connectivity index (χ4v) is 7.85. The van der Waals surface area contributed by atoms with E-state index in [1.165, 1.54) is 24.8 Å². The molecule has 6 rings (SSSR count). The van der Waals surface area contributed by atoms with Crippen molar-refractivity contribution in [1.82, 2.24) is 25.9 Å². The Morgan fingerprint density at radius 3 is 2.79 bits per heavy atom. The second-order valence-electron chi connectivity index (χ2n) is 10.3. The number of hydrogen-bond donors (Lipinski definition) is 3. The molecule has 11 heteroatoms. The van der Waals surface area contributed by atoms with Crippen molar-refractivity contribution in [1.29, 1.82) is 0 Å². The first-order valence-electron chi connectivity index (χ1n) is 13.0. The third-order valence-electron chi connectivity index (χ3n) is 7.97. The Morgan fingerprint density at radius 2 is 2.05 bits per heavy atom. The Kier molecular flexibility index (Phi) is 6.83. The molecule has 1 saturated carbocycles. The van der Waals surface area contributed by atoms with Crippen molar-refractivity contribution < 1.29 is 22.7 Å². The Labute approximate surface area is 221 Å². The maximum Gasteiger partial charge on any atom is 0.198 e. The number of aromatic nitrogens is 1. The van der Waals surface area contributed by atoms with Crippen molar-refractivity contribution in [2.45, 2.75) is 60.3 Å². The number of pyridine rings is 1. The summed E-state index contributed by atoms with van der Waals surface area (Å²) in [6.07, 6.45) is 8.47. The summed E-state index contributed by atoms with van der Waals surface area (Å²) in [4.78, 5) is 4.52. The quantitative estimate of drug-likeness (QED) is 0.509. The molecule has 4 heterocycles. The summed E-state index contributed by atoms with van der Waals surface area (Å²) >= 11 is 0. The molecule has 3 N–H and O–H groups in total.